The van der Waals surface area contributed by atoms with Crippen LogP contribution in [0.2, 0.25) is 0 Å². The standard InChI is InChI=1S/C9H10BrN5O/c10-6-3-12-4-7(11)9(6)13-2-1-8-14-5-15-16-8/h3-5H,1-2,11H2,(H,12,13). The highest BCUT2D eigenvalue weighted by Gasteiger charge is 2.05. The van der Waals surface area contributed by atoms with Crippen LogP contribution in [0.1, 0.15) is 5.89 Å². The number of nitrogens with zero attached hydrogens (tertiary/aromatic N) is 3. The Morgan fingerprint density at radius 2 is 2.31 bits per heavy atom. The first-order chi connectivity index (χ1) is 7.77. The third-order valence-electron chi connectivity index (χ3n) is 1.98. The quantitative estimate of drug-likeness (QED) is 0.883. The highest BCUT2D eigenvalue weighted by Crippen LogP contribution is 2.26. The number of pyridine rings is 1. The van der Waals surface area contributed by atoms with Crippen molar-refractivity contribution in [3.63, 3.8) is 0 Å². The van der Waals surface area contributed by atoms with Crippen molar-refractivity contribution < 1.29 is 4.52 Å². The summed E-state index contributed by atoms with van der Waals surface area (Å²) in [5.74, 6) is 0.594. The van der Waals surface area contributed by atoms with Crippen molar-refractivity contribution >= 4 is 27.3 Å². The lowest BCUT2D eigenvalue weighted by molar-refractivity contribution is 0.380. The van der Waals surface area contributed by atoms with Crippen molar-refractivity contribution in [3.8, 4) is 0 Å². The third kappa shape index (κ3) is 2.48. The predicted octanol–water partition coefficient (Wildman–Crippen LogP) is 1.46. The van der Waals surface area contributed by atoms with Crippen molar-refractivity contribution in [1.82, 2.24) is 15.1 Å². The first kappa shape index (κ1) is 10.9. The van der Waals surface area contributed by atoms with Gasteiger partial charge in [-0.25, -0.2) is 0 Å². The molecule has 2 heterocycles. The lowest BCUT2D eigenvalue weighted by Gasteiger charge is -2.09. The SMILES string of the molecule is Nc1cncc(Br)c1NCCc1ncno1. The van der Waals surface area contributed by atoms with Crippen LogP contribution in [0.15, 0.2) is 27.7 Å². The van der Waals surface area contributed by atoms with E-state index in [1.165, 1.54) is 6.33 Å². The lowest BCUT2D eigenvalue weighted by atomic mass is 10.3. The average molecular weight is 284 g/mol. The van der Waals surface area contributed by atoms with Crippen LogP contribution in [0.5, 0.6) is 0 Å². The van der Waals surface area contributed by atoms with Gasteiger partial charge in [0.15, 0.2) is 6.33 Å². The Kier molecular flexibility index (Phi) is 3.35. The molecule has 0 amide bonds. The first-order valence-electron chi connectivity index (χ1n) is 4.66. The Morgan fingerprint density at radius 3 is 3.00 bits per heavy atom. The number of rotatable bonds is 4. The van der Waals surface area contributed by atoms with Gasteiger partial charge in [-0.15, -0.1) is 0 Å². The molecule has 0 saturated heterocycles. The molecule has 0 bridgehead atoms. The van der Waals surface area contributed by atoms with Crippen LogP contribution in [0, 0.1) is 0 Å². The van der Waals surface area contributed by atoms with Gasteiger partial charge in [-0.3, -0.25) is 4.98 Å². The molecule has 16 heavy (non-hydrogen) atoms. The summed E-state index contributed by atoms with van der Waals surface area (Å²) in [7, 11) is 0. The van der Waals surface area contributed by atoms with Gasteiger partial charge in [0.05, 0.1) is 22.0 Å². The predicted molar refractivity (Wildman–Crippen MR) is 62.8 cm³/mol. The van der Waals surface area contributed by atoms with Crippen molar-refractivity contribution in [2.24, 2.45) is 0 Å². The topological polar surface area (TPSA) is 89.9 Å². The molecule has 0 saturated carbocycles. The van der Waals surface area contributed by atoms with E-state index in [0.717, 1.165) is 10.2 Å². The van der Waals surface area contributed by atoms with Crippen LogP contribution >= 0.6 is 15.9 Å². The van der Waals surface area contributed by atoms with Gasteiger partial charge in [0, 0.05) is 19.2 Å². The Hall–Kier alpha value is -1.63. The zero-order chi connectivity index (χ0) is 11.4. The zero-order valence-corrected chi connectivity index (χ0v) is 9.94. The normalized spacial score (nSPS) is 10.3. The molecule has 0 radical (unpaired) electrons. The number of nitrogen functional groups attached to an aromatic ring is 1. The molecule has 7 heteroatoms. The Balaban J connectivity index is 1.95. The van der Waals surface area contributed by atoms with E-state index < -0.39 is 0 Å². The summed E-state index contributed by atoms with van der Waals surface area (Å²) in [5, 5.41) is 6.70. The summed E-state index contributed by atoms with van der Waals surface area (Å²) in [6.45, 7) is 0.662. The van der Waals surface area contributed by atoms with E-state index in [4.69, 9.17) is 10.3 Å². The van der Waals surface area contributed by atoms with Crippen molar-refractivity contribution in [3.05, 3.63) is 29.1 Å². The van der Waals surface area contributed by atoms with Gasteiger partial charge in [-0.2, -0.15) is 4.98 Å². The molecule has 3 N–H and O–H groups in total. The van der Waals surface area contributed by atoms with Crippen molar-refractivity contribution in [2.45, 2.75) is 6.42 Å². The van der Waals surface area contributed by atoms with Crippen LogP contribution < -0.4 is 11.1 Å². The number of nitrogens with two attached hydrogens (primary N) is 1. The molecule has 2 aromatic heterocycles. The summed E-state index contributed by atoms with van der Waals surface area (Å²) >= 11 is 3.37. The maximum atomic E-state index is 5.77. The zero-order valence-electron chi connectivity index (χ0n) is 8.35. The van der Waals surface area contributed by atoms with Crippen molar-refractivity contribution in [1.29, 1.82) is 0 Å². The Bertz CT molecular complexity index is 439. The molecule has 6 nitrogen and oxygen atoms in total. The lowest BCUT2D eigenvalue weighted by Crippen LogP contribution is -2.08. The molecular formula is C9H10BrN5O. The van der Waals surface area contributed by atoms with Crippen molar-refractivity contribution in [2.75, 3.05) is 17.6 Å². The first-order valence-corrected chi connectivity index (χ1v) is 5.45. The summed E-state index contributed by atoms with van der Waals surface area (Å²) < 4.78 is 5.71. The molecule has 0 spiro atoms. The summed E-state index contributed by atoms with van der Waals surface area (Å²) in [4.78, 5) is 7.87. The number of nitrogens with one attached hydrogen (secondary N) is 1. The Labute approximate surface area is 100 Å². The molecule has 84 valence electrons. The van der Waals surface area contributed by atoms with Gasteiger partial charge >= 0.3 is 0 Å². The third-order valence-corrected chi connectivity index (χ3v) is 2.58. The van der Waals surface area contributed by atoms with Crippen LogP contribution in [0.25, 0.3) is 0 Å². The Morgan fingerprint density at radius 1 is 1.44 bits per heavy atom. The van der Waals surface area contributed by atoms with Gasteiger partial charge in [0.25, 0.3) is 0 Å². The molecule has 0 aliphatic carbocycles. The highest BCUT2D eigenvalue weighted by atomic mass is 79.9. The number of halogens is 1. The molecule has 2 aromatic rings. The van der Waals surface area contributed by atoms with E-state index in [0.29, 0.717) is 24.5 Å². The number of aromatic nitrogens is 3. The summed E-state index contributed by atoms with van der Waals surface area (Å²) in [6.07, 6.45) is 5.31. The minimum atomic E-state index is 0.594. The highest BCUT2D eigenvalue weighted by molar-refractivity contribution is 9.10. The fraction of sp³-hybridized carbons (Fsp3) is 0.222. The van der Waals surface area contributed by atoms with Crippen LogP contribution in [-0.4, -0.2) is 21.7 Å². The molecule has 0 aromatic carbocycles. The number of hydrogen-bond donors (Lipinski definition) is 2. The molecular weight excluding hydrogens is 274 g/mol. The fourth-order valence-corrected chi connectivity index (χ4v) is 1.72. The van der Waals surface area contributed by atoms with E-state index in [-0.39, 0.29) is 0 Å². The molecule has 0 aliphatic heterocycles. The smallest absolute Gasteiger partial charge is 0.228 e. The van der Waals surface area contributed by atoms with Gasteiger partial charge in [-0.1, -0.05) is 5.16 Å². The maximum absolute atomic E-state index is 5.77. The van der Waals surface area contributed by atoms with E-state index in [2.05, 4.69) is 36.4 Å². The van der Waals surface area contributed by atoms with Crippen LogP contribution in [0.4, 0.5) is 11.4 Å². The summed E-state index contributed by atoms with van der Waals surface area (Å²) in [5.41, 5.74) is 7.20. The second-order valence-corrected chi connectivity index (χ2v) is 3.95. The van der Waals surface area contributed by atoms with E-state index in [1.807, 2.05) is 0 Å². The molecule has 2 rings (SSSR count). The molecule has 0 fully saturated rings. The summed E-state index contributed by atoms with van der Waals surface area (Å²) in [6, 6.07) is 0. The van der Waals surface area contributed by atoms with Gasteiger partial charge < -0.3 is 15.6 Å². The van der Waals surface area contributed by atoms with E-state index >= 15 is 0 Å². The average Bonchev–Trinajstić information content (AvgIpc) is 2.75. The van der Waals surface area contributed by atoms with Crippen LogP contribution in [-0.2, 0) is 6.42 Å². The largest absolute Gasteiger partial charge is 0.396 e. The minimum Gasteiger partial charge on any atom is -0.396 e. The van der Waals surface area contributed by atoms with Gasteiger partial charge in [0.1, 0.15) is 0 Å². The number of anilines is 2. The fourth-order valence-electron chi connectivity index (χ4n) is 1.24. The second kappa shape index (κ2) is 4.93. The molecule has 0 atom stereocenters. The van der Waals surface area contributed by atoms with Crippen LogP contribution in [0.3, 0.4) is 0 Å². The minimum absolute atomic E-state index is 0.594. The molecule has 0 unspecified atom stereocenters. The second-order valence-electron chi connectivity index (χ2n) is 3.10. The number of hydrogen-bond acceptors (Lipinski definition) is 6. The van der Waals surface area contributed by atoms with E-state index in [9.17, 15) is 0 Å². The van der Waals surface area contributed by atoms with Gasteiger partial charge in [-0.05, 0) is 15.9 Å². The molecule has 0 aliphatic rings. The maximum Gasteiger partial charge on any atom is 0.228 e. The van der Waals surface area contributed by atoms with E-state index in [1.54, 1.807) is 12.4 Å². The van der Waals surface area contributed by atoms with Gasteiger partial charge in [0.2, 0.25) is 5.89 Å². The monoisotopic (exact) mass is 283 g/mol.